The van der Waals surface area contributed by atoms with Crippen LogP contribution >= 0.6 is 34.8 Å². The third-order valence-electron chi connectivity index (χ3n) is 6.49. The average molecular weight is 625 g/mol. The molecular formula is C29H32Cl3N3O4S. The lowest BCUT2D eigenvalue weighted by Gasteiger charge is -2.34. The number of halogens is 3. The second-order valence-corrected chi connectivity index (χ2v) is 12.4. The van der Waals surface area contributed by atoms with Crippen molar-refractivity contribution in [3.63, 3.8) is 0 Å². The van der Waals surface area contributed by atoms with Crippen molar-refractivity contribution in [1.29, 1.82) is 0 Å². The molecule has 40 heavy (non-hydrogen) atoms. The fourth-order valence-electron chi connectivity index (χ4n) is 4.06. The minimum absolute atomic E-state index is 0.00549. The van der Waals surface area contributed by atoms with Crippen molar-refractivity contribution in [3.05, 3.63) is 93.4 Å². The number of nitrogens with zero attached hydrogens (tertiary/aromatic N) is 2. The molecule has 0 spiro atoms. The molecule has 11 heteroatoms. The van der Waals surface area contributed by atoms with Crippen LogP contribution in [0.1, 0.15) is 39.2 Å². The number of rotatable bonds is 12. The Morgan fingerprint density at radius 2 is 1.50 bits per heavy atom. The fraction of sp³-hybridized carbons (Fsp3) is 0.310. The molecule has 0 saturated carbocycles. The monoisotopic (exact) mass is 623 g/mol. The van der Waals surface area contributed by atoms with E-state index >= 15 is 0 Å². The van der Waals surface area contributed by atoms with Crippen molar-refractivity contribution < 1.29 is 18.0 Å². The molecule has 0 bridgehead atoms. The molecule has 0 fully saturated rings. The maximum Gasteiger partial charge on any atom is 0.264 e. The Morgan fingerprint density at radius 1 is 0.850 bits per heavy atom. The number of carbonyl (C=O) groups excluding carboxylic acids is 2. The molecule has 1 N–H and O–H groups in total. The first-order chi connectivity index (χ1) is 19.0. The van der Waals surface area contributed by atoms with Gasteiger partial charge in [0.2, 0.25) is 11.8 Å². The van der Waals surface area contributed by atoms with E-state index in [9.17, 15) is 18.0 Å². The van der Waals surface area contributed by atoms with Gasteiger partial charge in [0.1, 0.15) is 12.6 Å². The molecular weight excluding hydrogens is 593 g/mol. The Morgan fingerprint density at radius 3 is 2.10 bits per heavy atom. The number of hydrogen-bond donors (Lipinski definition) is 1. The van der Waals surface area contributed by atoms with Crippen molar-refractivity contribution in [2.24, 2.45) is 0 Å². The van der Waals surface area contributed by atoms with E-state index in [2.05, 4.69) is 5.32 Å². The lowest BCUT2D eigenvalue weighted by Crippen LogP contribution is -2.53. The van der Waals surface area contributed by atoms with Gasteiger partial charge in [0, 0.05) is 17.6 Å². The smallest absolute Gasteiger partial charge is 0.264 e. The summed E-state index contributed by atoms with van der Waals surface area (Å²) in [5.41, 5.74) is 0.778. The van der Waals surface area contributed by atoms with Gasteiger partial charge in [-0.05, 0) is 61.7 Å². The van der Waals surface area contributed by atoms with Crippen LogP contribution in [0.3, 0.4) is 0 Å². The third-order valence-corrected chi connectivity index (χ3v) is 9.38. The number of anilines is 1. The molecule has 2 atom stereocenters. The van der Waals surface area contributed by atoms with Gasteiger partial charge in [-0.1, -0.05) is 85.0 Å². The first-order valence-electron chi connectivity index (χ1n) is 12.9. The Labute approximate surface area is 251 Å². The van der Waals surface area contributed by atoms with E-state index < -0.39 is 28.5 Å². The quantitative estimate of drug-likeness (QED) is 0.247. The lowest BCUT2D eigenvalue weighted by molar-refractivity contribution is -0.140. The third kappa shape index (κ3) is 7.69. The van der Waals surface area contributed by atoms with Gasteiger partial charge in [0.25, 0.3) is 10.0 Å². The van der Waals surface area contributed by atoms with Gasteiger partial charge in [0.15, 0.2) is 0 Å². The van der Waals surface area contributed by atoms with Gasteiger partial charge in [-0.3, -0.25) is 13.9 Å². The van der Waals surface area contributed by atoms with Crippen LogP contribution in [0.15, 0.2) is 77.7 Å². The molecule has 0 heterocycles. The molecule has 0 aliphatic heterocycles. The van der Waals surface area contributed by atoms with Crippen molar-refractivity contribution in [3.8, 4) is 0 Å². The van der Waals surface area contributed by atoms with Crippen LogP contribution < -0.4 is 9.62 Å². The molecule has 0 radical (unpaired) electrons. The van der Waals surface area contributed by atoms with Gasteiger partial charge < -0.3 is 10.2 Å². The number of sulfonamides is 1. The summed E-state index contributed by atoms with van der Waals surface area (Å²) >= 11 is 18.8. The number of benzene rings is 3. The van der Waals surface area contributed by atoms with Crippen LogP contribution in [-0.2, 0) is 26.2 Å². The summed E-state index contributed by atoms with van der Waals surface area (Å²) in [5.74, 6) is -0.916. The zero-order valence-corrected chi connectivity index (χ0v) is 25.6. The summed E-state index contributed by atoms with van der Waals surface area (Å²) in [6.07, 6.45) is 1.01. The standard InChI is InChI=1S/C29H32Cl3N3O4S/c1-4-20(3)33-29(37)27(5-2)34(18-21-11-9-10-14-24(21)30)28(36)19-35(22-15-16-25(31)26(32)17-22)40(38,39)23-12-7-6-8-13-23/h6-17,20,27H,4-5,18-19H2,1-3H3,(H,33,37)/t20-,27+/m0/s1. The van der Waals surface area contributed by atoms with Crippen molar-refractivity contribution in [2.75, 3.05) is 10.8 Å². The highest BCUT2D eigenvalue weighted by molar-refractivity contribution is 7.92. The number of carbonyl (C=O) groups is 2. The molecule has 3 aromatic rings. The van der Waals surface area contributed by atoms with Crippen LogP contribution in [0.4, 0.5) is 5.69 Å². The van der Waals surface area contributed by atoms with Gasteiger partial charge in [-0.15, -0.1) is 0 Å². The highest BCUT2D eigenvalue weighted by Gasteiger charge is 2.34. The first-order valence-corrected chi connectivity index (χ1v) is 15.4. The predicted molar refractivity (Wildman–Crippen MR) is 161 cm³/mol. The van der Waals surface area contributed by atoms with Crippen molar-refractivity contribution in [2.45, 2.75) is 57.1 Å². The predicted octanol–water partition coefficient (Wildman–Crippen LogP) is 6.56. The topological polar surface area (TPSA) is 86.8 Å². The number of hydrogen-bond acceptors (Lipinski definition) is 4. The second kappa shape index (κ2) is 14.2. The van der Waals surface area contributed by atoms with E-state index in [0.29, 0.717) is 23.4 Å². The number of amides is 2. The molecule has 2 amide bonds. The summed E-state index contributed by atoms with van der Waals surface area (Å²) in [4.78, 5) is 28.8. The summed E-state index contributed by atoms with van der Waals surface area (Å²) in [7, 11) is -4.21. The number of nitrogens with one attached hydrogen (secondary N) is 1. The highest BCUT2D eigenvalue weighted by atomic mass is 35.5. The zero-order valence-electron chi connectivity index (χ0n) is 22.5. The summed E-state index contributed by atoms with van der Waals surface area (Å²) in [5, 5.41) is 3.74. The van der Waals surface area contributed by atoms with E-state index in [-0.39, 0.29) is 39.1 Å². The molecule has 3 rings (SSSR count). The van der Waals surface area contributed by atoms with E-state index in [1.807, 2.05) is 13.8 Å². The summed E-state index contributed by atoms with van der Waals surface area (Å²) < 4.78 is 28.6. The van der Waals surface area contributed by atoms with Crippen LogP contribution in [0.5, 0.6) is 0 Å². The SMILES string of the molecule is CC[C@H](C(=O)N[C@@H](C)CC)N(Cc1ccccc1Cl)C(=O)CN(c1ccc(Cl)c(Cl)c1)S(=O)(=O)c1ccccc1. The fourth-order valence-corrected chi connectivity index (χ4v) is 5.97. The van der Waals surface area contributed by atoms with E-state index in [1.54, 1.807) is 49.4 Å². The molecule has 3 aromatic carbocycles. The Balaban J connectivity index is 2.08. The van der Waals surface area contributed by atoms with Crippen LogP contribution in [0.2, 0.25) is 15.1 Å². The van der Waals surface area contributed by atoms with Gasteiger partial charge in [-0.25, -0.2) is 8.42 Å². The first kappa shape index (κ1) is 31.7. The van der Waals surface area contributed by atoms with E-state index in [4.69, 9.17) is 34.8 Å². The van der Waals surface area contributed by atoms with Gasteiger partial charge in [-0.2, -0.15) is 0 Å². The zero-order chi connectivity index (χ0) is 29.4. The van der Waals surface area contributed by atoms with Gasteiger partial charge >= 0.3 is 0 Å². The molecule has 0 aliphatic rings. The largest absolute Gasteiger partial charge is 0.352 e. The van der Waals surface area contributed by atoms with Crippen LogP contribution in [0.25, 0.3) is 0 Å². The second-order valence-electron chi connectivity index (χ2n) is 9.28. The molecule has 0 aromatic heterocycles. The van der Waals surface area contributed by atoms with Crippen LogP contribution in [0, 0.1) is 0 Å². The molecule has 214 valence electrons. The van der Waals surface area contributed by atoms with Gasteiger partial charge in [0.05, 0.1) is 20.6 Å². The Hall–Kier alpha value is -2.78. The molecule has 0 unspecified atom stereocenters. The molecule has 0 saturated heterocycles. The minimum atomic E-state index is -4.21. The molecule has 7 nitrogen and oxygen atoms in total. The summed E-state index contributed by atoms with van der Waals surface area (Å²) in [6, 6.07) is 18.1. The Bertz CT molecular complexity index is 1440. The normalized spacial score (nSPS) is 12.8. The summed E-state index contributed by atoms with van der Waals surface area (Å²) in [6.45, 7) is 5.04. The maximum atomic E-state index is 14.1. The minimum Gasteiger partial charge on any atom is -0.352 e. The van der Waals surface area contributed by atoms with E-state index in [0.717, 1.165) is 4.31 Å². The van der Waals surface area contributed by atoms with E-state index in [1.165, 1.54) is 35.2 Å². The lowest BCUT2D eigenvalue weighted by atomic mass is 10.1. The van der Waals surface area contributed by atoms with Crippen molar-refractivity contribution in [1.82, 2.24) is 10.2 Å². The molecule has 0 aliphatic carbocycles. The van der Waals surface area contributed by atoms with Crippen LogP contribution in [-0.4, -0.2) is 43.8 Å². The average Bonchev–Trinajstić information content (AvgIpc) is 2.94. The highest BCUT2D eigenvalue weighted by Crippen LogP contribution is 2.31. The van der Waals surface area contributed by atoms with Crippen molar-refractivity contribution >= 4 is 62.3 Å². The Kier molecular flexibility index (Phi) is 11.3. The maximum absolute atomic E-state index is 14.1.